The molecule has 2 aromatic heterocycles. The molecular formula is C10H8N2O2. The molecule has 0 unspecified atom stereocenters. The molecule has 0 aliphatic carbocycles. The van der Waals surface area contributed by atoms with Crippen molar-refractivity contribution in [3.8, 4) is 0 Å². The SMILES string of the molecule is O=Cc1cnoc1Cc1ccccn1. The Labute approximate surface area is 80.6 Å². The zero-order chi connectivity index (χ0) is 9.80. The number of nitrogens with zero attached hydrogens (tertiary/aromatic N) is 2. The number of hydrogen-bond acceptors (Lipinski definition) is 4. The first-order valence-electron chi connectivity index (χ1n) is 4.19. The highest BCUT2D eigenvalue weighted by atomic mass is 16.5. The summed E-state index contributed by atoms with van der Waals surface area (Å²) in [5.41, 5.74) is 1.34. The van der Waals surface area contributed by atoms with Crippen LogP contribution in [0.15, 0.2) is 35.1 Å². The molecule has 0 fully saturated rings. The Hall–Kier alpha value is -1.97. The first kappa shape index (κ1) is 8.62. The second kappa shape index (κ2) is 3.83. The van der Waals surface area contributed by atoms with Crippen LogP contribution in [0.4, 0.5) is 0 Å². The molecule has 0 aliphatic rings. The molecule has 2 heterocycles. The number of carbonyl (C=O) groups excluding carboxylic acids is 1. The van der Waals surface area contributed by atoms with Crippen molar-refractivity contribution in [2.75, 3.05) is 0 Å². The molecule has 0 aliphatic heterocycles. The van der Waals surface area contributed by atoms with Gasteiger partial charge in [0.1, 0.15) is 0 Å². The zero-order valence-corrected chi connectivity index (χ0v) is 7.38. The molecule has 2 rings (SSSR count). The van der Waals surface area contributed by atoms with Gasteiger partial charge >= 0.3 is 0 Å². The summed E-state index contributed by atoms with van der Waals surface area (Å²) in [7, 11) is 0. The van der Waals surface area contributed by atoms with Gasteiger partial charge in [-0.05, 0) is 12.1 Å². The van der Waals surface area contributed by atoms with Crippen LogP contribution in [-0.2, 0) is 6.42 Å². The van der Waals surface area contributed by atoms with E-state index in [4.69, 9.17) is 4.52 Å². The summed E-state index contributed by atoms with van der Waals surface area (Å²) >= 11 is 0. The number of hydrogen-bond donors (Lipinski definition) is 0. The topological polar surface area (TPSA) is 56.0 Å². The lowest BCUT2D eigenvalue weighted by Crippen LogP contribution is -1.92. The normalized spacial score (nSPS) is 10.0. The third kappa shape index (κ3) is 1.69. The highest BCUT2D eigenvalue weighted by Gasteiger charge is 2.07. The predicted octanol–water partition coefficient (Wildman–Crippen LogP) is 1.47. The lowest BCUT2D eigenvalue weighted by atomic mass is 10.2. The van der Waals surface area contributed by atoms with Crippen LogP contribution in [0.5, 0.6) is 0 Å². The molecular weight excluding hydrogens is 180 g/mol. The summed E-state index contributed by atoms with van der Waals surface area (Å²) in [6.45, 7) is 0. The fraction of sp³-hybridized carbons (Fsp3) is 0.100. The summed E-state index contributed by atoms with van der Waals surface area (Å²) in [5.74, 6) is 0.554. The minimum absolute atomic E-state index is 0.482. The fourth-order valence-electron chi connectivity index (χ4n) is 1.17. The van der Waals surface area contributed by atoms with E-state index in [2.05, 4.69) is 10.1 Å². The van der Waals surface area contributed by atoms with Crippen molar-refractivity contribution in [1.29, 1.82) is 0 Å². The van der Waals surface area contributed by atoms with Gasteiger partial charge in [-0.1, -0.05) is 11.2 Å². The largest absolute Gasteiger partial charge is 0.360 e. The fourth-order valence-corrected chi connectivity index (χ4v) is 1.17. The molecule has 2 aromatic rings. The van der Waals surface area contributed by atoms with Crippen molar-refractivity contribution in [2.45, 2.75) is 6.42 Å². The van der Waals surface area contributed by atoms with Crippen molar-refractivity contribution in [2.24, 2.45) is 0 Å². The van der Waals surface area contributed by atoms with Crippen LogP contribution >= 0.6 is 0 Å². The van der Waals surface area contributed by atoms with Gasteiger partial charge in [-0.15, -0.1) is 0 Å². The quantitative estimate of drug-likeness (QED) is 0.684. The highest BCUT2D eigenvalue weighted by molar-refractivity contribution is 5.75. The maximum Gasteiger partial charge on any atom is 0.155 e. The minimum Gasteiger partial charge on any atom is -0.360 e. The number of rotatable bonds is 3. The zero-order valence-electron chi connectivity index (χ0n) is 7.38. The van der Waals surface area contributed by atoms with Gasteiger partial charge in [-0.2, -0.15) is 0 Å². The monoisotopic (exact) mass is 188 g/mol. The average molecular weight is 188 g/mol. The molecule has 0 radical (unpaired) electrons. The van der Waals surface area contributed by atoms with Crippen LogP contribution in [0, 0.1) is 0 Å². The standard InChI is InChI=1S/C10H8N2O2/c13-7-8-6-12-14-10(8)5-9-3-1-2-4-11-9/h1-4,6-7H,5H2. The second-order valence-electron chi connectivity index (χ2n) is 2.82. The van der Waals surface area contributed by atoms with Crippen LogP contribution in [0.25, 0.3) is 0 Å². The average Bonchev–Trinajstić information content (AvgIpc) is 2.67. The van der Waals surface area contributed by atoms with Crippen molar-refractivity contribution in [3.05, 3.63) is 47.6 Å². The Kier molecular flexibility index (Phi) is 2.36. The van der Waals surface area contributed by atoms with Crippen LogP contribution in [0.1, 0.15) is 21.8 Å². The van der Waals surface area contributed by atoms with Gasteiger partial charge in [0.2, 0.25) is 0 Å². The lowest BCUT2D eigenvalue weighted by Gasteiger charge is -1.95. The van der Waals surface area contributed by atoms with Crippen molar-refractivity contribution in [1.82, 2.24) is 10.1 Å². The van der Waals surface area contributed by atoms with Crippen LogP contribution in [0.3, 0.4) is 0 Å². The number of carbonyl (C=O) groups is 1. The van der Waals surface area contributed by atoms with E-state index in [-0.39, 0.29) is 0 Å². The first-order chi connectivity index (χ1) is 6.90. The molecule has 4 nitrogen and oxygen atoms in total. The molecule has 0 amide bonds. The van der Waals surface area contributed by atoms with Crippen LogP contribution in [0.2, 0.25) is 0 Å². The number of aromatic nitrogens is 2. The van der Waals surface area contributed by atoms with Crippen molar-refractivity contribution < 1.29 is 9.32 Å². The Morgan fingerprint density at radius 3 is 3.07 bits per heavy atom. The van der Waals surface area contributed by atoms with Crippen LogP contribution in [-0.4, -0.2) is 16.4 Å². The van der Waals surface area contributed by atoms with E-state index in [1.807, 2.05) is 18.2 Å². The van der Waals surface area contributed by atoms with Gasteiger partial charge in [0.25, 0.3) is 0 Å². The summed E-state index contributed by atoms with van der Waals surface area (Å²) in [6.07, 6.45) is 4.33. The van der Waals surface area contributed by atoms with Gasteiger partial charge in [0, 0.05) is 11.9 Å². The van der Waals surface area contributed by atoms with Gasteiger partial charge in [0.15, 0.2) is 12.0 Å². The summed E-state index contributed by atoms with van der Waals surface area (Å²) in [5, 5.41) is 3.56. The van der Waals surface area contributed by atoms with Gasteiger partial charge in [-0.3, -0.25) is 9.78 Å². The number of aldehydes is 1. The molecule has 0 aromatic carbocycles. The Morgan fingerprint density at radius 2 is 2.36 bits per heavy atom. The van der Waals surface area contributed by atoms with Gasteiger partial charge < -0.3 is 4.52 Å². The molecule has 0 bridgehead atoms. The van der Waals surface area contributed by atoms with Crippen molar-refractivity contribution >= 4 is 6.29 Å². The van der Waals surface area contributed by atoms with Gasteiger partial charge in [-0.25, -0.2) is 0 Å². The molecule has 0 saturated carbocycles. The third-order valence-corrected chi connectivity index (χ3v) is 1.87. The second-order valence-corrected chi connectivity index (χ2v) is 2.82. The van der Waals surface area contributed by atoms with E-state index in [1.54, 1.807) is 6.20 Å². The third-order valence-electron chi connectivity index (χ3n) is 1.87. The molecule has 0 atom stereocenters. The molecule has 0 spiro atoms. The van der Waals surface area contributed by atoms with E-state index in [0.717, 1.165) is 12.0 Å². The van der Waals surface area contributed by atoms with Gasteiger partial charge in [0.05, 0.1) is 18.2 Å². The lowest BCUT2D eigenvalue weighted by molar-refractivity contribution is 0.112. The maximum atomic E-state index is 10.6. The highest BCUT2D eigenvalue weighted by Crippen LogP contribution is 2.10. The molecule has 70 valence electrons. The smallest absolute Gasteiger partial charge is 0.155 e. The molecule has 14 heavy (non-hydrogen) atoms. The van der Waals surface area contributed by atoms with E-state index in [0.29, 0.717) is 17.7 Å². The minimum atomic E-state index is 0.482. The first-order valence-corrected chi connectivity index (χ1v) is 4.19. The predicted molar refractivity (Wildman–Crippen MR) is 48.9 cm³/mol. The van der Waals surface area contributed by atoms with Crippen LogP contribution < -0.4 is 0 Å². The van der Waals surface area contributed by atoms with E-state index >= 15 is 0 Å². The maximum absolute atomic E-state index is 10.6. The molecule has 0 saturated heterocycles. The van der Waals surface area contributed by atoms with E-state index < -0.39 is 0 Å². The number of pyridine rings is 1. The van der Waals surface area contributed by atoms with Crippen molar-refractivity contribution in [3.63, 3.8) is 0 Å². The Balaban J connectivity index is 2.23. The van der Waals surface area contributed by atoms with E-state index in [9.17, 15) is 4.79 Å². The van der Waals surface area contributed by atoms with E-state index in [1.165, 1.54) is 6.20 Å². The molecule has 4 heteroatoms. The Bertz CT molecular complexity index is 423. The summed E-state index contributed by atoms with van der Waals surface area (Å²) in [6, 6.07) is 5.60. The Morgan fingerprint density at radius 1 is 1.43 bits per heavy atom. The summed E-state index contributed by atoms with van der Waals surface area (Å²) < 4.78 is 4.94. The summed E-state index contributed by atoms with van der Waals surface area (Å²) in [4.78, 5) is 14.7. The molecule has 0 N–H and O–H groups in total.